The van der Waals surface area contributed by atoms with E-state index in [-0.39, 0.29) is 16.2 Å². The first kappa shape index (κ1) is 17.6. The Morgan fingerprint density at radius 3 is 2.33 bits per heavy atom. The van der Waals surface area contributed by atoms with E-state index in [4.69, 9.17) is 5.73 Å². The zero-order valence-electron chi connectivity index (χ0n) is 13.0. The minimum Gasteiger partial charge on any atom is -0.325 e. The van der Waals surface area contributed by atoms with Gasteiger partial charge in [0.2, 0.25) is 15.9 Å². The topological polar surface area (TPSA) is 101 Å². The highest BCUT2D eigenvalue weighted by atomic mass is 32.2. The number of carbonyl (C=O) groups excluding carboxylic acids is 1. The van der Waals surface area contributed by atoms with Gasteiger partial charge in [0.15, 0.2) is 0 Å². The lowest BCUT2D eigenvalue weighted by atomic mass is 9.87. The summed E-state index contributed by atoms with van der Waals surface area (Å²) in [7, 11) is -2.23. The van der Waals surface area contributed by atoms with Crippen LogP contribution in [-0.4, -0.2) is 27.4 Å². The first-order valence-electron chi connectivity index (χ1n) is 6.59. The van der Waals surface area contributed by atoms with Gasteiger partial charge in [0.25, 0.3) is 0 Å². The molecule has 0 spiro atoms. The summed E-state index contributed by atoms with van der Waals surface area (Å²) in [5, 5.41) is 2.66. The number of hydrogen-bond donors (Lipinski definition) is 3. The average molecular weight is 313 g/mol. The molecule has 7 heteroatoms. The fourth-order valence-electron chi connectivity index (χ4n) is 1.69. The van der Waals surface area contributed by atoms with Crippen LogP contribution in [0.15, 0.2) is 23.1 Å². The predicted octanol–water partition coefficient (Wildman–Crippen LogP) is 1.22. The smallest absolute Gasteiger partial charge is 0.241 e. The van der Waals surface area contributed by atoms with Crippen LogP contribution >= 0.6 is 0 Å². The summed E-state index contributed by atoms with van der Waals surface area (Å²) in [6.45, 7) is 7.28. The maximum Gasteiger partial charge on any atom is 0.241 e. The lowest BCUT2D eigenvalue weighted by Gasteiger charge is -2.25. The zero-order valence-corrected chi connectivity index (χ0v) is 13.8. The van der Waals surface area contributed by atoms with Crippen molar-refractivity contribution >= 4 is 21.6 Å². The van der Waals surface area contributed by atoms with Crippen LogP contribution in [0, 0.1) is 12.3 Å². The van der Waals surface area contributed by atoms with Gasteiger partial charge in [-0.15, -0.1) is 0 Å². The number of amides is 1. The van der Waals surface area contributed by atoms with Gasteiger partial charge in [-0.3, -0.25) is 4.79 Å². The molecule has 0 aliphatic carbocycles. The number of carbonyl (C=O) groups is 1. The van der Waals surface area contributed by atoms with Crippen molar-refractivity contribution in [1.82, 2.24) is 4.72 Å². The predicted molar refractivity (Wildman–Crippen MR) is 83.5 cm³/mol. The van der Waals surface area contributed by atoms with E-state index in [1.54, 1.807) is 19.1 Å². The van der Waals surface area contributed by atoms with Crippen molar-refractivity contribution in [3.63, 3.8) is 0 Å². The lowest BCUT2D eigenvalue weighted by molar-refractivity contribution is -0.119. The van der Waals surface area contributed by atoms with Crippen LogP contribution < -0.4 is 15.8 Å². The molecule has 118 valence electrons. The molecular weight excluding hydrogens is 290 g/mol. The van der Waals surface area contributed by atoms with E-state index >= 15 is 0 Å². The third-order valence-corrected chi connectivity index (χ3v) is 4.79. The second-order valence-corrected chi connectivity index (χ2v) is 7.88. The number of hydrogen-bond acceptors (Lipinski definition) is 4. The molecule has 1 rings (SSSR count). The number of nitrogens with one attached hydrogen (secondary N) is 2. The number of anilines is 1. The molecule has 1 atom stereocenters. The van der Waals surface area contributed by atoms with Gasteiger partial charge in [-0.1, -0.05) is 26.8 Å². The Bertz CT molecular complexity index is 633. The number of benzene rings is 1. The van der Waals surface area contributed by atoms with Gasteiger partial charge in [0.1, 0.15) is 0 Å². The molecule has 21 heavy (non-hydrogen) atoms. The Morgan fingerprint density at radius 2 is 1.86 bits per heavy atom. The third kappa shape index (κ3) is 4.26. The fraction of sp³-hybridized carbons (Fsp3) is 0.500. The molecular formula is C14H23N3O3S. The average Bonchev–Trinajstić information content (AvgIpc) is 2.38. The van der Waals surface area contributed by atoms with Crippen molar-refractivity contribution in [2.75, 3.05) is 12.4 Å². The molecule has 0 radical (unpaired) electrons. The van der Waals surface area contributed by atoms with Gasteiger partial charge in [0, 0.05) is 5.69 Å². The molecule has 0 aliphatic heterocycles. The van der Waals surface area contributed by atoms with Gasteiger partial charge < -0.3 is 11.1 Å². The Hall–Kier alpha value is -1.44. The first-order valence-corrected chi connectivity index (χ1v) is 8.08. The summed E-state index contributed by atoms with van der Waals surface area (Å²) in [6, 6.07) is 4.02. The van der Waals surface area contributed by atoms with E-state index in [1.165, 1.54) is 13.1 Å². The quantitative estimate of drug-likeness (QED) is 0.777. The molecule has 0 bridgehead atoms. The van der Waals surface area contributed by atoms with Gasteiger partial charge >= 0.3 is 0 Å². The highest BCUT2D eigenvalue weighted by Gasteiger charge is 2.27. The molecule has 0 heterocycles. The highest BCUT2D eigenvalue weighted by Crippen LogP contribution is 2.22. The van der Waals surface area contributed by atoms with Crippen molar-refractivity contribution in [2.45, 2.75) is 38.6 Å². The largest absolute Gasteiger partial charge is 0.325 e. The molecule has 0 saturated heterocycles. The summed E-state index contributed by atoms with van der Waals surface area (Å²) < 4.78 is 26.1. The lowest BCUT2D eigenvalue weighted by Crippen LogP contribution is -2.45. The van der Waals surface area contributed by atoms with Crippen molar-refractivity contribution in [2.24, 2.45) is 11.1 Å². The second kappa shape index (κ2) is 6.13. The van der Waals surface area contributed by atoms with Crippen LogP contribution in [-0.2, 0) is 14.8 Å². The van der Waals surface area contributed by atoms with Crippen LogP contribution in [0.1, 0.15) is 26.3 Å². The van der Waals surface area contributed by atoms with Crippen LogP contribution in [0.25, 0.3) is 0 Å². The first-order chi connectivity index (χ1) is 9.49. The standard InChI is InChI=1S/C14H23N3O3S/c1-9-6-7-10(8-11(9)21(19,20)16-5)17-13(18)12(15)14(2,3)4/h6-8,12,16H,15H2,1-5H3,(H,17,18)/t12-/m1/s1. The van der Waals surface area contributed by atoms with Crippen molar-refractivity contribution in [3.8, 4) is 0 Å². The normalized spacial score (nSPS) is 13.8. The monoisotopic (exact) mass is 313 g/mol. The summed E-state index contributed by atoms with van der Waals surface area (Å²) in [6.07, 6.45) is 0. The summed E-state index contributed by atoms with van der Waals surface area (Å²) >= 11 is 0. The van der Waals surface area contributed by atoms with Gasteiger partial charge in [-0.25, -0.2) is 13.1 Å². The maximum absolute atomic E-state index is 12.1. The van der Waals surface area contributed by atoms with E-state index in [1.807, 2.05) is 20.8 Å². The van der Waals surface area contributed by atoms with Crippen LogP contribution in [0.4, 0.5) is 5.69 Å². The molecule has 0 aliphatic rings. The van der Waals surface area contributed by atoms with Gasteiger partial charge in [-0.2, -0.15) is 0 Å². The van der Waals surface area contributed by atoms with Crippen molar-refractivity contribution < 1.29 is 13.2 Å². The SMILES string of the molecule is CNS(=O)(=O)c1cc(NC(=O)[C@@H](N)C(C)(C)C)ccc1C. The van der Waals surface area contributed by atoms with E-state index in [0.29, 0.717) is 11.3 Å². The zero-order chi connectivity index (χ0) is 16.4. The van der Waals surface area contributed by atoms with Crippen molar-refractivity contribution in [3.05, 3.63) is 23.8 Å². The van der Waals surface area contributed by atoms with Crippen LogP contribution in [0.2, 0.25) is 0 Å². The molecule has 1 aromatic rings. The Balaban J connectivity index is 3.08. The molecule has 0 fully saturated rings. The fourth-order valence-corrected chi connectivity index (χ4v) is 2.68. The maximum atomic E-state index is 12.1. The summed E-state index contributed by atoms with van der Waals surface area (Å²) in [4.78, 5) is 12.2. The Morgan fingerprint density at radius 1 is 1.29 bits per heavy atom. The number of sulfonamides is 1. The van der Waals surface area contributed by atoms with Gasteiger partial charge in [-0.05, 0) is 37.1 Å². The molecule has 1 amide bonds. The molecule has 4 N–H and O–H groups in total. The van der Waals surface area contributed by atoms with E-state index in [9.17, 15) is 13.2 Å². The molecule has 0 saturated carbocycles. The van der Waals surface area contributed by atoms with Crippen LogP contribution in [0.5, 0.6) is 0 Å². The summed E-state index contributed by atoms with van der Waals surface area (Å²) in [5.74, 6) is -0.348. The molecule has 0 aromatic heterocycles. The van der Waals surface area contributed by atoms with E-state index in [0.717, 1.165) is 0 Å². The minimum atomic E-state index is -3.57. The van der Waals surface area contributed by atoms with E-state index < -0.39 is 16.1 Å². The number of aryl methyl sites for hydroxylation is 1. The molecule has 6 nitrogen and oxygen atoms in total. The Kier molecular flexibility index (Phi) is 5.14. The molecule has 1 aromatic carbocycles. The van der Waals surface area contributed by atoms with E-state index in [2.05, 4.69) is 10.0 Å². The number of nitrogens with two attached hydrogens (primary N) is 1. The second-order valence-electron chi connectivity index (χ2n) is 6.02. The van der Waals surface area contributed by atoms with Crippen LogP contribution in [0.3, 0.4) is 0 Å². The van der Waals surface area contributed by atoms with Gasteiger partial charge in [0.05, 0.1) is 10.9 Å². The summed E-state index contributed by atoms with van der Waals surface area (Å²) in [5.41, 5.74) is 6.50. The minimum absolute atomic E-state index is 0.132. The highest BCUT2D eigenvalue weighted by molar-refractivity contribution is 7.89. The number of rotatable bonds is 4. The Labute approximate surface area is 126 Å². The molecule has 0 unspecified atom stereocenters. The van der Waals surface area contributed by atoms with Crippen molar-refractivity contribution in [1.29, 1.82) is 0 Å². The third-order valence-electron chi connectivity index (χ3n) is 3.23.